The van der Waals surface area contributed by atoms with Gasteiger partial charge < -0.3 is 15.5 Å². The molecule has 31 heavy (non-hydrogen) atoms. The van der Waals surface area contributed by atoms with E-state index in [9.17, 15) is 0 Å². The number of benzene rings is 2. The monoisotopic (exact) mass is 417 g/mol. The summed E-state index contributed by atoms with van der Waals surface area (Å²) in [7, 11) is 4.07. The van der Waals surface area contributed by atoms with Crippen LogP contribution in [-0.2, 0) is 6.54 Å². The van der Waals surface area contributed by atoms with Gasteiger partial charge in [-0.25, -0.2) is 4.98 Å². The van der Waals surface area contributed by atoms with Crippen molar-refractivity contribution in [1.29, 1.82) is 0 Å². The first-order valence-electron chi connectivity index (χ1n) is 11.5. The van der Waals surface area contributed by atoms with Gasteiger partial charge in [0.2, 0.25) is 5.95 Å². The molecule has 5 nitrogen and oxygen atoms in total. The highest BCUT2D eigenvalue weighted by molar-refractivity contribution is 5.90. The summed E-state index contributed by atoms with van der Waals surface area (Å²) in [5.41, 5.74) is 5.21. The number of aromatic nitrogens is 2. The van der Waals surface area contributed by atoms with E-state index in [1.807, 2.05) is 26.2 Å². The molecule has 2 aromatic carbocycles. The molecule has 0 unspecified atom stereocenters. The Labute approximate surface area is 186 Å². The average Bonchev–Trinajstić information content (AvgIpc) is 2.76. The largest absolute Gasteiger partial charge is 0.362 e. The van der Waals surface area contributed by atoms with Gasteiger partial charge in [-0.1, -0.05) is 30.3 Å². The molecule has 3 aromatic rings. The Hall–Kier alpha value is -2.66. The molecule has 0 spiro atoms. The van der Waals surface area contributed by atoms with Crippen LogP contribution in [0.2, 0.25) is 0 Å². The molecule has 0 aliphatic heterocycles. The van der Waals surface area contributed by atoms with Gasteiger partial charge in [0.1, 0.15) is 5.82 Å². The van der Waals surface area contributed by atoms with Gasteiger partial charge in [-0.2, -0.15) is 4.98 Å². The highest BCUT2D eigenvalue weighted by Gasteiger charge is 2.22. The van der Waals surface area contributed by atoms with E-state index in [4.69, 9.17) is 9.97 Å². The fourth-order valence-electron chi connectivity index (χ4n) is 4.69. The maximum atomic E-state index is 4.80. The van der Waals surface area contributed by atoms with E-state index in [1.54, 1.807) is 0 Å². The average molecular weight is 418 g/mol. The number of hydrogen-bond donors (Lipinski definition) is 2. The Morgan fingerprint density at radius 1 is 0.903 bits per heavy atom. The van der Waals surface area contributed by atoms with Crippen LogP contribution in [0.3, 0.4) is 0 Å². The van der Waals surface area contributed by atoms with Crippen LogP contribution >= 0.6 is 0 Å². The van der Waals surface area contributed by atoms with Crippen molar-refractivity contribution in [2.75, 3.05) is 30.9 Å². The Morgan fingerprint density at radius 2 is 1.61 bits per heavy atom. The second-order valence-corrected chi connectivity index (χ2v) is 9.15. The van der Waals surface area contributed by atoms with Crippen molar-refractivity contribution >= 4 is 22.7 Å². The number of fused-ring (bicyclic) bond motifs is 1. The standard InChI is InChI=1S/C26H35N5/c1-18-8-7-9-19(2)23(18)17-27-16-20-12-14-21(15-13-20)28-26-29-24-11-6-5-10-22(24)25(30-26)31(3)4/h5-11,20-21,27H,12-17H2,1-4H3,(H,28,29,30)/t20-,21+. The van der Waals surface area contributed by atoms with Crippen molar-refractivity contribution in [3.8, 4) is 0 Å². The van der Waals surface area contributed by atoms with Crippen LogP contribution in [0.5, 0.6) is 0 Å². The van der Waals surface area contributed by atoms with Gasteiger partial charge in [0, 0.05) is 32.1 Å². The molecule has 5 heteroatoms. The summed E-state index contributed by atoms with van der Waals surface area (Å²) in [6, 6.07) is 15.2. The lowest BCUT2D eigenvalue weighted by atomic mass is 9.86. The lowest BCUT2D eigenvalue weighted by molar-refractivity contribution is 0.323. The predicted octanol–water partition coefficient (Wildman–Crippen LogP) is 5.07. The van der Waals surface area contributed by atoms with Crippen molar-refractivity contribution < 1.29 is 0 Å². The first-order chi connectivity index (χ1) is 15.0. The van der Waals surface area contributed by atoms with Crippen LogP contribution in [0.4, 0.5) is 11.8 Å². The molecule has 1 aliphatic carbocycles. The van der Waals surface area contributed by atoms with E-state index in [1.165, 1.54) is 42.4 Å². The minimum absolute atomic E-state index is 0.450. The van der Waals surface area contributed by atoms with E-state index in [-0.39, 0.29) is 0 Å². The summed E-state index contributed by atoms with van der Waals surface area (Å²) in [5, 5.41) is 8.42. The molecule has 164 valence electrons. The van der Waals surface area contributed by atoms with Crippen LogP contribution in [-0.4, -0.2) is 36.6 Å². The third-order valence-corrected chi connectivity index (χ3v) is 6.57. The van der Waals surface area contributed by atoms with Crippen molar-refractivity contribution in [2.45, 2.75) is 52.1 Å². The molecule has 1 saturated carbocycles. The lowest BCUT2D eigenvalue weighted by Crippen LogP contribution is -2.32. The van der Waals surface area contributed by atoms with E-state index in [0.29, 0.717) is 6.04 Å². The fourth-order valence-corrected chi connectivity index (χ4v) is 4.69. The summed E-state index contributed by atoms with van der Waals surface area (Å²) in [4.78, 5) is 11.6. The summed E-state index contributed by atoms with van der Waals surface area (Å²) < 4.78 is 0. The van der Waals surface area contributed by atoms with Gasteiger partial charge in [0.25, 0.3) is 0 Å². The summed E-state index contributed by atoms with van der Waals surface area (Å²) in [6.07, 6.45) is 4.82. The van der Waals surface area contributed by atoms with Crippen LogP contribution < -0.4 is 15.5 Å². The number of para-hydroxylation sites is 1. The molecule has 0 amide bonds. The number of nitrogens with zero attached hydrogens (tertiary/aromatic N) is 3. The van der Waals surface area contributed by atoms with Crippen molar-refractivity contribution in [2.24, 2.45) is 5.92 Å². The Kier molecular flexibility index (Phi) is 6.71. The number of rotatable bonds is 7. The molecule has 1 fully saturated rings. The predicted molar refractivity (Wildman–Crippen MR) is 131 cm³/mol. The van der Waals surface area contributed by atoms with E-state index < -0.39 is 0 Å². The molecule has 4 rings (SSSR count). The maximum absolute atomic E-state index is 4.80. The van der Waals surface area contributed by atoms with E-state index in [2.05, 4.69) is 59.7 Å². The van der Waals surface area contributed by atoms with Gasteiger partial charge in [-0.05, 0) is 80.8 Å². The Balaban J connectivity index is 1.30. The molecule has 0 radical (unpaired) electrons. The number of anilines is 2. The minimum atomic E-state index is 0.450. The van der Waals surface area contributed by atoms with Gasteiger partial charge in [0.05, 0.1) is 5.52 Å². The fraction of sp³-hybridized carbons (Fsp3) is 0.462. The minimum Gasteiger partial charge on any atom is -0.362 e. The summed E-state index contributed by atoms with van der Waals surface area (Å²) in [5.74, 6) is 2.47. The third-order valence-electron chi connectivity index (χ3n) is 6.57. The highest BCUT2D eigenvalue weighted by Crippen LogP contribution is 2.28. The number of hydrogen-bond acceptors (Lipinski definition) is 5. The molecule has 1 aliphatic rings. The zero-order valence-electron chi connectivity index (χ0n) is 19.3. The second-order valence-electron chi connectivity index (χ2n) is 9.15. The second kappa shape index (κ2) is 9.65. The summed E-state index contributed by atoms with van der Waals surface area (Å²) in [6.45, 7) is 6.47. The highest BCUT2D eigenvalue weighted by atomic mass is 15.2. The number of aryl methyl sites for hydroxylation is 2. The molecule has 1 aromatic heterocycles. The summed E-state index contributed by atoms with van der Waals surface area (Å²) >= 11 is 0. The van der Waals surface area contributed by atoms with Gasteiger partial charge in [-0.3, -0.25) is 0 Å². The number of nitrogens with one attached hydrogen (secondary N) is 2. The molecule has 0 saturated heterocycles. The van der Waals surface area contributed by atoms with Gasteiger partial charge in [-0.15, -0.1) is 0 Å². The van der Waals surface area contributed by atoms with Crippen LogP contribution in [0.1, 0.15) is 42.4 Å². The SMILES string of the molecule is Cc1cccc(C)c1CNC[C@H]1CC[C@@H](Nc2nc(N(C)C)c3ccccc3n2)CC1. The van der Waals surface area contributed by atoms with E-state index >= 15 is 0 Å². The van der Waals surface area contributed by atoms with E-state index in [0.717, 1.165) is 41.7 Å². The lowest BCUT2D eigenvalue weighted by Gasteiger charge is -2.29. The normalized spacial score (nSPS) is 18.8. The topological polar surface area (TPSA) is 53.1 Å². The first kappa shape index (κ1) is 21.6. The molecular formula is C26H35N5. The van der Waals surface area contributed by atoms with Gasteiger partial charge >= 0.3 is 0 Å². The van der Waals surface area contributed by atoms with Crippen molar-refractivity contribution in [1.82, 2.24) is 15.3 Å². The zero-order chi connectivity index (χ0) is 21.8. The van der Waals surface area contributed by atoms with Crippen LogP contribution in [0.25, 0.3) is 10.9 Å². The smallest absolute Gasteiger partial charge is 0.225 e. The van der Waals surface area contributed by atoms with Crippen molar-refractivity contribution in [3.05, 3.63) is 59.2 Å². The third kappa shape index (κ3) is 5.16. The quantitative estimate of drug-likeness (QED) is 0.562. The molecule has 0 atom stereocenters. The molecule has 1 heterocycles. The Bertz CT molecular complexity index is 1000. The zero-order valence-corrected chi connectivity index (χ0v) is 19.3. The molecule has 2 N–H and O–H groups in total. The van der Waals surface area contributed by atoms with Crippen molar-refractivity contribution in [3.63, 3.8) is 0 Å². The van der Waals surface area contributed by atoms with Crippen LogP contribution in [0.15, 0.2) is 42.5 Å². The van der Waals surface area contributed by atoms with Crippen LogP contribution in [0, 0.1) is 19.8 Å². The van der Waals surface area contributed by atoms with Gasteiger partial charge in [0.15, 0.2) is 0 Å². The first-order valence-corrected chi connectivity index (χ1v) is 11.5. The molecular weight excluding hydrogens is 382 g/mol. The Morgan fingerprint density at radius 3 is 2.32 bits per heavy atom. The molecule has 0 bridgehead atoms. The maximum Gasteiger partial charge on any atom is 0.225 e.